The SMILES string of the molecule is COCc1ccccc1P(c1ccccc1)c1ccccc1. The van der Waals surface area contributed by atoms with Gasteiger partial charge < -0.3 is 4.74 Å². The second-order valence-electron chi connectivity index (χ2n) is 5.07. The van der Waals surface area contributed by atoms with Gasteiger partial charge in [-0.05, 0) is 29.4 Å². The fourth-order valence-electron chi connectivity index (χ4n) is 2.59. The van der Waals surface area contributed by atoms with E-state index in [4.69, 9.17) is 4.74 Å². The van der Waals surface area contributed by atoms with Crippen molar-refractivity contribution >= 4 is 23.8 Å². The largest absolute Gasteiger partial charge is 0.380 e. The summed E-state index contributed by atoms with van der Waals surface area (Å²) in [7, 11) is 1.20. The minimum Gasteiger partial charge on any atom is -0.380 e. The molecule has 0 fully saturated rings. The number of benzene rings is 3. The second-order valence-corrected chi connectivity index (χ2v) is 7.25. The Morgan fingerprint density at radius 3 is 1.73 bits per heavy atom. The molecule has 0 saturated heterocycles. The Kier molecular flexibility index (Phi) is 5.00. The van der Waals surface area contributed by atoms with Crippen LogP contribution in [0.5, 0.6) is 0 Å². The Morgan fingerprint density at radius 2 is 1.18 bits per heavy atom. The molecule has 0 atom stereocenters. The van der Waals surface area contributed by atoms with Crippen molar-refractivity contribution in [1.29, 1.82) is 0 Å². The maximum absolute atomic E-state index is 5.40. The molecule has 110 valence electrons. The van der Waals surface area contributed by atoms with Gasteiger partial charge in [-0.1, -0.05) is 84.9 Å². The van der Waals surface area contributed by atoms with Crippen LogP contribution in [0.4, 0.5) is 0 Å². The summed E-state index contributed by atoms with van der Waals surface area (Å²) >= 11 is 0. The molecule has 3 aromatic carbocycles. The molecule has 3 rings (SSSR count). The van der Waals surface area contributed by atoms with Crippen LogP contribution < -0.4 is 15.9 Å². The first kappa shape index (κ1) is 15.0. The van der Waals surface area contributed by atoms with Crippen molar-refractivity contribution in [3.05, 3.63) is 90.5 Å². The molecular weight excluding hydrogens is 287 g/mol. The zero-order valence-electron chi connectivity index (χ0n) is 12.6. The van der Waals surface area contributed by atoms with Gasteiger partial charge in [0.2, 0.25) is 0 Å². The van der Waals surface area contributed by atoms with Crippen LogP contribution in [0.25, 0.3) is 0 Å². The summed E-state index contributed by atoms with van der Waals surface area (Å²) in [6.07, 6.45) is 0. The summed E-state index contributed by atoms with van der Waals surface area (Å²) in [4.78, 5) is 0. The number of methoxy groups -OCH3 is 1. The van der Waals surface area contributed by atoms with Crippen LogP contribution in [-0.4, -0.2) is 7.11 Å². The third-order valence-corrected chi connectivity index (χ3v) is 6.11. The van der Waals surface area contributed by atoms with Crippen molar-refractivity contribution in [3.63, 3.8) is 0 Å². The Bertz CT molecular complexity index is 671. The van der Waals surface area contributed by atoms with Gasteiger partial charge in [-0.15, -0.1) is 0 Å². The average molecular weight is 306 g/mol. The topological polar surface area (TPSA) is 9.23 Å². The molecule has 0 aliphatic carbocycles. The molecule has 0 aliphatic heterocycles. The zero-order chi connectivity index (χ0) is 15.2. The lowest BCUT2D eigenvalue weighted by atomic mass is 10.2. The molecule has 0 aromatic heterocycles. The minimum absolute atomic E-state index is 0.558. The van der Waals surface area contributed by atoms with Gasteiger partial charge in [0.1, 0.15) is 0 Å². The van der Waals surface area contributed by atoms with Gasteiger partial charge in [0, 0.05) is 7.11 Å². The molecule has 0 heterocycles. The normalized spacial score (nSPS) is 10.8. The first-order chi connectivity index (χ1) is 10.9. The van der Waals surface area contributed by atoms with Crippen LogP contribution >= 0.6 is 7.92 Å². The van der Waals surface area contributed by atoms with E-state index in [2.05, 4.69) is 84.9 Å². The molecule has 2 heteroatoms. The smallest absolute Gasteiger partial charge is 0.0719 e. The molecule has 0 saturated carbocycles. The predicted octanol–water partition coefficient (Wildman–Crippen LogP) is 3.59. The minimum atomic E-state index is -0.558. The number of hydrogen-bond acceptors (Lipinski definition) is 1. The molecule has 22 heavy (non-hydrogen) atoms. The summed E-state index contributed by atoms with van der Waals surface area (Å²) in [6.45, 7) is 0.647. The Hall–Kier alpha value is -1.95. The number of hydrogen-bond donors (Lipinski definition) is 0. The lowest BCUT2D eigenvalue weighted by Gasteiger charge is -2.22. The molecule has 0 bridgehead atoms. The summed E-state index contributed by atoms with van der Waals surface area (Å²) in [5, 5.41) is 4.11. The monoisotopic (exact) mass is 306 g/mol. The van der Waals surface area contributed by atoms with E-state index in [1.807, 2.05) is 0 Å². The fourth-order valence-corrected chi connectivity index (χ4v) is 5.04. The van der Waals surface area contributed by atoms with E-state index in [9.17, 15) is 0 Å². The summed E-state index contributed by atoms with van der Waals surface area (Å²) < 4.78 is 5.40. The number of ether oxygens (including phenoxy) is 1. The van der Waals surface area contributed by atoms with Gasteiger partial charge in [-0.25, -0.2) is 0 Å². The van der Waals surface area contributed by atoms with Gasteiger partial charge in [0.15, 0.2) is 0 Å². The molecule has 0 spiro atoms. The number of rotatable bonds is 5. The fraction of sp³-hybridized carbons (Fsp3) is 0.100. The van der Waals surface area contributed by atoms with Gasteiger partial charge in [0.05, 0.1) is 6.61 Å². The van der Waals surface area contributed by atoms with E-state index >= 15 is 0 Å². The second kappa shape index (κ2) is 7.35. The molecule has 0 N–H and O–H groups in total. The van der Waals surface area contributed by atoms with Crippen molar-refractivity contribution in [2.24, 2.45) is 0 Å². The molecule has 0 aliphatic rings. The van der Waals surface area contributed by atoms with Gasteiger partial charge in [-0.3, -0.25) is 0 Å². The highest BCUT2D eigenvalue weighted by Crippen LogP contribution is 2.34. The van der Waals surface area contributed by atoms with E-state index < -0.39 is 7.92 Å². The first-order valence-corrected chi connectivity index (χ1v) is 8.71. The van der Waals surface area contributed by atoms with Crippen molar-refractivity contribution in [3.8, 4) is 0 Å². The lowest BCUT2D eigenvalue weighted by Crippen LogP contribution is -2.23. The van der Waals surface area contributed by atoms with Crippen molar-refractivity contribution in [2.45, 2.75) is 6.61 Å². The third-order valence-electron chi connectivity index (χ3n) is 3.56. The van der Waals surface area contributed by atoms with E-state index in [-0.39, 0.29) is 0 Å². The molecule has 0 amide bonds. The maximum atomic E-state index is 5.40. The summed E-state index contributed by atoms with van der Waals surface area (Å²) in [5.74, 6) is 0. The standard InChI is InChI=1S/C20H19OP/c1-21-16-17-10-8-9-15-20(17)22(18-11-4-2-5-12-18)19-13-6-3-7-14-19/h2-15H,16H2,1H3. The summed E-state index contributed by atoms with van der Waals surface area (Å²) in [5.41, 5.74) is 1.27. The third kappa shape index (κ3) is 3.27. The highest BCUT2D eigenvalue weighted by atomic mass is 31.1. The lowest BCUT2D eigenvalue weighted by molar-refractivity contribution is 0.185. The van der Waals surface area contributed by atoms with Crippen LogP contribution in [-0.2, 0) is 11.3 Å². The van der Waals surface area contributed by atoms with Crippen molar-refractivity contribution < 1.29 is 4.74 Å². The van der Waals surface area contributed by atoms with Gasteiger partial charge in [0.25, 0.3) is 0 Å². The Balaban J connectivity index is 2.15. The predicted molar refractivity (Wildman–Crippen MR) is 95.9 cm³/mol. The van der Waals surface area contributed by atoms with Crippen LogP contribution in [0.15, 0.2) is 84.9 Å². The highest BCUT2D eigenvalue weighted by molar-refractivity contribution is 7.79. The van der Waals surface area contributed by atoms with Crippen LogP contribution in [0.1, 0.15) is 5.56 Å². The first-order valence-electron chi connectivity index (χ1n) is 7.37. The summed E-state index contributed by atoms with van der Waals surface area (Å²) in [6, 6.07) is 30.1. The molecule has 3 aromatic rings. The Morgan fingerprint density at radius 1 is 0.682 bits per heavy atom. The van der Waals surface area contributed by atoms with Crippen LogP contribution in [0, 0.1) is 0 Å². The van der Waals surface area contributed by atoms with Crippen molar-refractivity contribution in [1.82, 2.24) is 0 Å². The van der Waals surface area contributed by atoms with Crippen LogP contribution in [0.3, 0.4) is 0 Å². The van der Waals surface area contributed by atoms with E-state index in [1.54, 1.807) is 7.11 Å². The maximum Gasteiger partial charge on any atom is 0.0719 e. The highest BCUT2D eigenvalue weighted by Gasteiger charge is 2.18. The van der Waals surface area contributed by atoms with E-state index in [0.717, 1.165) is 0 Å². The van der Waals surface area contributed by atoms with E-state index in [1.165, 1.54) is 21.5 Å². The van der Waals surface area contributed by atoms with Crippen molar-refractivity contribution in [2.75, 3.05) is 7.11 Å². The van der Waals surface area contributed by atoms with E-state index in [0.29, 0.717) is 6.61 Å². The molecular formula is C20H19OP. The van der Waals surface area contributed by atoms with Gasteiger partial charge >= 0.3 is 0 Å². The zero-order valence-corrected chi connectivity index (χ0v) is 13.5. The molecule has 0 unspecified atom stereocenters. The van der Waals surface area contributed by atoms with Gasteiger partial charge in [-0.2, -0.15) is 0 Å². The molecule has 0 radical (unpaired) electrons. The Labute approximate surface area is 133 Å². The van der Waals surface area contributed by atoms with Crippen LogP contribution in [0.2, 0.25) is 0 Å². The quantitative estimate of drug-likeness (QED) is 0.655. The average Bonchev–Trinajstić information content (AvgIpc) is 2.59. The molecule has 1 nitrogen and oxygen atoms in total.